The lowest BCUT2D eigenvalue weighted by molar-refractivity contribution is 0.229. The van der Waals surface area contributed by atoms with Gasteiger partial charge in [0, 0.05) is 12.2 Å². The second-order valence-corrected chi connectivity index (χ2v) is 5.64. The number of nitrogens with zero attached hydrogens (tertiary/aromatic N) is 2. The predicted octanol–water partition coefficient (Wildman–Crippen LogP) is 3.33. The Balaban J connectivity index is 2.03. The zero-order valence-electron chi connectivity index (χ0n) is 10.5. The Morgan fingerprint density at radius 1 is 1.53 bits per heavy atom. The summed E-state index contributed by atoms with van der Waals surface area (Å²) >= 11 is 0. The highest BCUT2D eigenvalue weighted by molar-refractivity contribution is 5.43. The average molecular weight is 229 g/mol. The lowest BCUT2D eigenvalue weighted by Crippen LogP contribution is -2.32. The summed E-state index contributed by atoms with van der Waals surface area (Å²) in [5, 5.41) is 12.3. The number of nitriles is 1. The van der Waals surface area contributed by atoms with Crippen LogP contribution in [0, 0.1) is 16.7 Å². The van der Waals surface area contributed by atoms with Crippen LogP contribution >= 0.6 is 0 Å². The van der Waals surface area contributed by atoms with E-state index in [1.165, 1.54) is 25.7 Å². The lowest BCUT2D eigenvalue weighted by atomic mass is 9.75. The maximum atomic E-state index is 8.85. The third-order valence-corrected chi connectivity index (χ3v) is 3.45. The number of rotatable bonds is 2. The fourth-order valence-corrected chi connectivity index (χ4v) is 2.61. The molecular weight excluding hydrogens is 210 g/mol. The molecule has 90 valence electrons. The van der Waals surface area contributed by atoms with Crippen LogP contribution < -0.4 is 5.32 Å². The minimum Gasteiger partial charge on any atom is -0.367 e. The van der Waals surface area contributed by atoms with Crippen molar-refractivity contribution < 1.29 is 0 Å². The molecule has 0 aliphatic heterocycles. The number of hydrogen-bond acceptors (Lipinski definition) is 3. The second-order valence-electron chi connectivity index (χ2n) is 5.64. The molecule has 1 atom stereocenters. The first-order valence-electron chi connectivity index (χ1n) is 6.22. The normalized spacial score (nSPS) is 22.8. The van der Waals surface area contributed by atoms with Crippen LogP contribution in [0.4, 0.5) is 5.82 Å². The molecule has 1 N–H and O–H groups in total. The van der Waals surface area contributed by atoms with E-state index in [4.69, 9.17) is 5.26 Å². The second kappa shape index (κ2) is 4.75. The molecule has 1 heterocycles. The fourth-order valence-electron chi connectivity index (χ4n) is 2.61. The van der Waals surface area contributed by atoms with Gasteiger partial charge >= 0.3 is 0 Å². The highest BCUT2D eigenvalue weighted by Gasteiger charge is 2.27. The lowest BCUT2D eigenvalue weighted by Gasteiger charge is -2.35. The first kappa shape index (κ1) is 11.9. The summed E-state index contributed by atoms with van der Waals surface area (Å²) in [5.74, 6) is 0.826. The maximum absolute atomic E-state index is 8.85. The first-order chi connectivity index (χ1) is 8.09. The highest BCUT2D eigenvalue weighted by atomic mass is 15.0. The van der Waals surface area contributed by atoms with Gasteiger partial charge in [0.1, 0.15) is 5.82 Å². The Kier molecular flexibility index (Phi) is 3.33. The fraction of sp³-hybridized carbons (Fsp3) is 0.571. The highest BCUT2D eigenvalue weighted by Crippen LogP contribution is 2.36. The molecule has 0 saturated heterocycles. The summed E-state index contributed by atoms with van der Waals surface area (Å²) in [4.78, 5) is 4.27. The zero-order valence-corrected chi connectivity index (χ0v) is 10.5. The zero-order chi connectivity index (χ0) is 12.3. The quantitative estimate of drug-likeness (QED) is 0.846. The number of nitrogens with one attached hydrogen (secondary N) is 1. The summed E-state index contributed by atoms with van der Waals surface area (Å²) in [5.41, 5.74) is 1.08. The Hall–Kier alpha value is -1.56. The number of aromatic nitrogens is 1. The van der Waals surface area contributed by atoms with Crippen molar-refractivity contribution in [1.82, 2.24) is 4.98 Å². The van der Waals surface area contributed by atoms with E-state index >= 15 is 0 Å². The molecule has 1 aromatic rings. The van der Waals surface area contributed by atoms with Gasteiger partial charge in [-0.1, -0.05) is 20.3 Å². The van der Waals surface area contributed by atoms with Crippen LogP contribution in [0.3, 0.4) is 0 Å². The molecule has 2 rings (SSSR count). The van der Waals surface area contributed by atoms with Crippen molar-refractivity contribution in [2.45, 2.75) is 45.6 Å². The molecule has 0 spiro atoms. The van der Waals surface area contributed by atoms with Crippen LogP contribution in [0.5, 0.6) is 0 Å². The van der Waals surface area contributed by atoms with E-state index in [1.807, 2.05) is 6.07 Å². The first-order valence-corrected chi connectivity index (χ1v) is 6.22. The van der Waals surface area contributed by atoms with E-state index < -0.39 is 0 Å². The molecule has 17 heavy (non-hydrogen) atoms. The van der Waals surface area contributed by atoms with E-state index in [-0.39, 0.29) is 0 Å². The number of anilines is 1. The van der Waals surface area contributed by atoms with Gasteiger partial charge in [-0.25, -0.2) is 4.98 Å². The summed E-state index contributed by atoms with van der Waals surface area (Å²) in [6.07, 6.45) is 6.63. The standard InChI is InChI=1S/C14H19N3/c1-14(2)6-3-4-12(9-14)17-13-8-11(10-15)5-7-16-13/h5,7-8,12H,3-4,6,9H2,1-2H3,(H,16,17). The average Bonchev–Trinajstić information content (AvgIpc) is 2.28. The number of pyridine rings is 1. The van der Waals surface area contributed by atoms with E-state index in [0.29, 0.717) is 17.0 Å². The number of hydrogen-bond donors (Lipinski definition) is 1. The topological polar surface area (TPSA) is 48.7 Å². The summed E-state index contributed by atoms with van der Waals surface area (Å²) in [6.45, 7) is 4.64. The molecule has 0 bridgehead atoms. The molecule has 1 aliphatic rings. The Bertz CT molecular complexity index is 431. The van der Waals surface area contributed by atoms with Crippen LogP contribution in [-0.2, 0) is 0 Å². The smallest absolute Gasteiger partial charge is 0.127 e. The van der Waals surface area contributed by atoms with Crippen molar-refractivity contribution in [1.29, 1.82) is 5.26 Å². The summed E-state index contributed by atoms with van der Waals surface area (Å²) in [7, 11) is 0. The molecule has 0 radical (unpaired) electrons. The van der Waals surface area contributed by atoms with Crippen molar-refractivity contribution in [2.75, 3.05) is 5.32 Å². The summed E-state index contributed by atoms with van der Waals surface area (Å²) < 4.78 is 0. The van der Waals surface area contributed by atoms with E-state index in [9.17, 15) is 0 Å². The predicted molar refractivity (Wildman–Crippen MR) is 68.6 cm³/mol. The van der Waals surface area contributed by atoms with Gasteiger partial charge in [-0.15, -0.1) is 0 Å². The van der Waals surface area contributed by atoms with E-state index in [2.05, 4.69) is 30.2 Å². The molecule has 1 aliphatic carbocycles. The van der Waals surface area contributed by atoms with Crippen molar-refractivity contribution in [3.05, 3.63) is 23.9 Å². The van der Waals surface area contributed by atoms with Crippen LogP contribution in [0.15, 0.2) is 18.3 Å². The third kappa shape index (κ3) is 3.20. The van der Waals surface area contributed by atoms with Crippen LogP contribution in [0.1, 0.15) is 45.1 Å². The van der Waals surface area contributed by atoms with Crippen molar-refractivity contribution in [2.24, 2.45) is 5.41 Å². The van der Waals surface area contributed by atoms with Gasteiger partial charge in [0.2, 0.25) is 0 Å². The molecule has 3 nitrogen and oxygen atoms in total. The minimum absolute atomic E-state index is 0.419. The molecule has 1 fully saturated rings. The molecule has 0 aromatic carbocycles. The molecule has 1 aromatic heterocycles. The molecule has 1 unspecified atom stereocenters. The Morgan fingerprint density at radius 3 is 3.06 bits per heavy atom. The monoisotopic (exact) mass is 229 g/mol. The van der Waals surface area contributed by atoms with E-state index in [0.717, 1.165) is 5.82 Å². The van der Waals surface area contributed by atoms with Gasteiger partial charge < -0.3 is 5.32 Å². The van der Waals surface area contributed by atoms with Gasteiger partial charge in [0.15, 0.2) is 0 Å². The minimum atomic E-state index is 0.419. The van der Waals surface area contributed by atoms with Gasteiger partial charge in [0.25, 0.3) is 0 Å². The van der Waals surface area contributed by atoms with Crippen LogP contribution in [-0.4, -0.2) is 11.0 Å². The van der Waals surface area contributed by atoms with Gasteiger partial charge in [-0.3, -0.25) is 0 Å². The maximum Gasteiger partial charge on any atom is 0.127 e. The van der Waals surface area contributed by atoms with Crippen molar-refractivity contribution in [3.63, 3.8) is 0 Å². The van der Waals surface area contributed by atoms with Crippen molar-refractivity contribution in [3.8, 4) is 6.07 Å². The van der Waals surface area contributed by atoms with Gasteiger partial charge in [-0.2, -0.15) is 5.26 Å². The molecule has 0 amide bonds. The Morgan fingerprint density at radius 2 is 2.35 bits per heavy atom. The Labute approximate surface area is 103 Å². The van der Waals surface area contributed by atoms with Crippen LogP contribution in [0.2, 0.25) is 0 Å². The SMILES string of the molecule is CC1(C)CCCC(Nc2cc(C#N)ccn2)C1. The summed E-state index contributed by atoms with van der Waals surface area (Å²) in [6, 6.07) is 6.18. The van der Waals surface area contributed by atoms with Crippen molar-refractivity contribution >= 4 is 5.82 Å². The molecule has 1 saturated carbocycles. The largest absolute Gasteiger partial charge is 0.367 e. The van der Waals surface area contributed by atoms with E-state index in [1.54, 1.807) is 12.3 Å². The molecule has 3 heteroatoms. The van der Waals surface area contributed by atoms with Gasteiger partial charge in [-0.05, 0) is 36.8 Å². The molecular formula is C14H19N3. The third-order valence-electron chi connectivity index (χ3n) is 3.45. The van der Waals surface area contributed by atoms with Gasteiger partial charge in [0.05, 0.1) is 11.6 Å². The van der Waals surface area contributed by atoms with Crippen LogP contribution in [0.25, 0.3) is 0 Å².